The Morgan fingerprint density at radius 3 is 2.75 bits per heavy atom. The Morgan fingerprint density at radius 1 is 1.56 bits per heavy atom. The van der Waals surface area contributed by atoms with Crippen LogP contribution in [0.25, 0.3) is 0 Å². The molecule has 0 aromatic rings. The summed E-state index contributed by atoms with van der Waals surface area (Å²) in [7, 11) is 0. The molecule has 2 N–H and O–H groups in total. The lowest BCUT2D eigenvalue weighted by atomic mass is 9.78. The van der Waals surface area contributed by atoms with Crippen molar-refractivity contribution in [1.82, 2.24) is 0 Å². The summed E-state index contributed by atoms with van der Waals surface area (Å²) in [5.41, 5.74) is 7.65. The minimum atomic E-state index is -0.814. The van der Waals surface area contributed by atoms with Crippen LogP contribution in [0.4, 0.5) is 4.79 Å². The zero-order chi connectivity index (χ0) is 12.1. The largest absolute Gasteiger partial charge is 0.449 e. The number of aldehydes is 1. The van der Waals surface area contributed by atoms with Crippen LogP contribution in [0, 0.1) is 11.8 Å². The van der Waals surface area contributed by atoms with Crippen LogP contribution >= 0.6 is 0 Å². The molecule has 0 aliphatic heterocycles. The van der Waals surface area contributed by atoms with Crippen LogP contribution in [-0.4, -0.2) is 19.0 Å². The Kier molecular flexibility index (Phi) is 4.52. The average molecular weight is 225 g/mol. The summed E-state index contributed by atoms with van der Waals surface area (Å²) in [4.78, 5) is 21.5. The lowest BCUT2D eigenvalue weighted by Crippen LogP contribution is -2.27. The van der Waals surface area contributed by atoms with Crippen LogP contribution in [0.5, 0.6) is 0 Å². The van der Waals surface area contributed by atoms with Crippen molar-refractivity contribution in [3.05, 3.63) is 11.1 Å². The van der Waals surface area contributed by atoms with Gasteiger partial charge in [0.1, 0.15) is 12.9 Å². The van der Waals surface area contributed by atoms with E-state index in [0.29, 0.717) is 0 Å². The SMILES string of the molecule is CC1=C(C)CC(C(C=O)COC(N)=O)CC1. The van der Waals surface area contributed by atoms with E-state index in [-0.39, 0.29) is 18.4 Å². The van der Waals surface area contributed by atoms with Gasteiger partial charge in [-0.3, -0.25) is 0 Å². The number of allylic oxidation sites excluding steroid dienone is 2. The number of hydrogen-bond acceptors (Lipinski definition) is 3. The van der Waals surface area contributed by atoms with E-state index in [0.717, 1.165) is 25.5 Å². The van der Waals surface area contributed by atoms with Crippen molar-refractivity contribution < 1.29 is 14.3 Å². The van der Waals surface area contributed by atoms with Crippen molar-refractivity contribution in [1.29, 1.82) is 0 Å². The molecule has 0 aromatic carbocycles. The summed E-state index contributed by atoms with van der Waals surface area (Å²) < 4.78 is 4.70. The fraction of sp³-hybridized carbons (Fsp3) is 0.667. The Hall–Kier alpha value is -1.32. The van der Waals surface area contributed by atoms with Gasteiger partial charge in [-0.25, -0.2) is 4.79 Å². The minimum Gasteiger partial charge on any atom is -0.449 e. The van der Waals surface area contributed by atoms with E-state index in [1.807, 2.05) is 0 Å². The lowest BCUT2D eigenvalue weighted by molar-refractivity contribution is -0.114. The van der Waals surface area contributed by atoms with E-state index < -0.39 is 6.09 Å². The first-order valence-electron chi connectivity index (χ1n) is 5.57. The highest BCUT2D eigenvalue weighted by Crippen LogP contribution is 2.33. The van der Waals surface area contributed by atoms with E-state index in [1.54, 1.807) is 0 Å². The summed E-state index contributed by atoms with van der Waals surface area (Å²) in [6.07, 6.45) is 2.98. The average Bonchev–Trinajstić information content (AvgIpc) is 2.23. The molecule has 0 fully saturated rings. The smallest absolute Gasteiger partial charge is 0.404 e. The van der Waals surface area contributed by atoms with Gasteiger partial charge in [0, 0.05) is 0 Å². The van der Waals surface area contributed by atoms with Gasteiger partial charge in [-0.15, -0.1) is 0 Å². The van der Waals surface area contributed by atoms with E-state index >= 15 is 0 Å². The van der Waals surface area contributed by atoms with Crippen molar-refractivity contribution in [2.45, 2.75) is 33.1 Å². The van der Waals surface area contributed by atoms with Gasteiger partial charge in [-0.05, 0) is 39.0 Å². The molecule has 1 amide bonds. The molecule has 0 saturated heterocycles. The molecule has 0 radical (unpaired) electrons. The van der Waals surface area contributed by atoms with Gasteiger partial charge in [-0.1, -0.05) is 11.1 Å². The molecule has 4 heteroatoms. The van der Waals surface area contributed by atoms with Crippen molar-refractivity contribution in [3.63, 3.8) is 0 Å². The molecule has 4 nitrogen and oxygen atoms in total. The standard InChI is InChI=1S/C12H19NO3/c1-8-3-4-10(5-9(8)2)11(6-14)7-16-12(13)15/h6,10-11H,3-5,7H2,1-2H3,(H2,13,15). The zero-order valence-electron chi connectivity index (χ0n) is 9.86. The number of primary amides is 1. The fourth-order valence-electron chi connectivity index (χ4n) is 2.12. The maximum Gasteiger partial charge on any atom is 0.404 e. The van der Waals surface area contributed by atoms with Gasteiger partial charge in [0.05, 0.1) is 5.92 Å². The number of carbonyl (C=O) groups excluding carboxylic acids is 2. The number of nitrogens with two attached hydrogens (primary N) is 1. The van der Waals surface area contributed by atoms with Gasteiger partial charge in [0.15, 0.2) is 0 Å². The number of ether oxygens (including phenoxy) is 1. The molecule has 0 bridgehead atoms. The Morgan fingerprint density at radius 2 is 2.25 bits per heavy atom. The Balaban J connectivity index is 2.55. The number of rotatable bonds is 4. The van der Waals surface area contributed by atoms with Crippen LogP contribution in [0.1, 0.15) is 33.1 Å². The van der Waals surface area contributed by atoms with E-state index in [1.165, 1.54) is 11.1 Å². The molecule has 1 aliphatic carbocycles. The van der Waals surface area contributed by atoms with Crippen LogP contribution in [0.2, 0.25) is 0 Å². The number of amides is 1. The Bertz CT molecular complexity index is 309. The molecular formula is C12H19NO3. The normalized spacial score (nSPS) is 22.8. The molecule has 2 unspecified atom stereocenters. The Labute approximate surface area is 95.8 Å². The zero-order valence-corrected chi connectivity index (χ0v) is 9.86. The molecule has 90 valence electrons. The van der Waals surface area contributed by atoms with Gasteiger partial charge >= 0.3 is 6.09 Å². The second-order valence-electron chi connectivity index (χ2n) is 4.49. The van der Waals surface area contributed by atoms with Gasteiger partial charge in [0.25, 0.3) is 0 Å². The third kappa shape index (κ3) is 3.36. The molecule has 0 saturated carbocycles. The predicted molar refractivity (Wildman–Crippen MR) is 60.8 cm³/mol. The van der Waals surface area contributed by atoms with Crippen molar-refractivity contribution in [3.8, 4) is 0 Å². The third-order valence-electron chi connectivity index (χ3n) is 3.39. The van der Waals surface area contributed by atoms with Gasteiger partial charge < -0.3 is 15.3 Å². The minimum absolute atomic E-state index is 0.107. The van der Waals surface area contributed by atoms with Crippen molar-refractivity contribution >= 4 is 12.4 Å². The number of hydrogen-bond donors (Lipinski definition) is 1. The van der Waals surface area contributed by atoms with Crippen LogP contribution in [0.15, 0.2) is 11.1 Å². The quantitative estimate of drug-likeness (QED) is 0.588. The first-order valence-corrected chi connectivity index (χ1v) is 5.57. The molecule has 0 heterocycles. The highest BCUT2D eigenvalue weighted by molar-refractivity contribution is 5.65. The number of carbonyl (C=O) groups is 2. The molecule has 0 spiro atoms. The highest BCUT2D eigenvalue weighted by atomic mass is 16.5. The van der Waals surface area contributed by atoms with E-state index in [4.69, 9.17) is 10.5 Å². The van der Waals surface area contributed by atoms with Gasteiger partial charge in [-0.2, -0.15) is 0 Å². The first-order chi connectivity index (χ1) is 7.54. The van der Waals surface area contributed by atoms with Crippen LogP contribution in [0.3, 0.4) is 0 Å². The fourth-order valence-corrected chi connectivity index (χ4v) is 2.12. The van der Waals surface area contributed by atoms with Gasteiger partial charge in [0.2, 0.25) is 0 Å². The van der Waals surface area contributed by atoms with E-state index in [9.17, 15) is 9.59 Å². The first kappa shape index (κ1) is 12.7. The predicted octanol–water partition coefficient (Wildman–Crippen LogP) is 2.03. The van der Waals surface area contributed by atoms with E-state index in [2.05, 4.69) is 13.8 Å². The summed E-state index contributed by atoms with van der Waals surface area (Å²) >= 11 is 0. The van der Waals surface area contributed by atoms with Crippen LogP contribution < -0.4 is 5.73 Å². The third-order valence-corrected chi connectivity index (χ3v) is 3.39. The summed E-state index contributed by atoms with van der Waals surface area (Å²) in [6, 6.07) is 0. The second-order valence-corrected chi connectivity index (χ2v) is 4.49. The molecule has 1 aliphatic rings. The maximum absolute atomic E-state index is 11.0. The monoisotopic (exact) mass is 225 g/mol. The second kappa shape index (κ2) is 5.68. The molecule has 0 aromatic heterocycles. The maximum atomic E-state index is 11.0. The van der Waals surface area contributed by atoms with Crippen molar-refractivity contribution in [2.24, 2.45) is 17.6 Å². The van der Waals surface area contributed by atoms with Crippen LogP contribution in [-0.2, 0) is 9.53 Å². The lowest BCUT2D eigenvalue weighted by Gasteiger charge is -2.28. The summed E-state index contributed by atoms with van der Waals surface area (Å²) in [5, 5.41) is 0. The molecule has 2 atom stereocenters. The summed E-state index contributed by atoms with van der Waals surface area (Å²) in [5.74, 6) is 0.0519. The molecular weight excluding hydrogens is 206 g/mol. The molecule has 16 heavy (non-hydrogen) atoms. The highest BCUT2D eigenvalue weighted by Gasteiger charge is 2.25. The molecule has 1 rings (SSSR count). The summed E-state index contributed by atoms with van der Waals surface area (Å²) in [6.45, 7) is 4.33. The van der Waals surface area contributed by atoms with Crippen molar-refractivity contribution in [2.75, 3.05) is 6.61 Å². The topological polar surface area (TPSA) is 69.4 Å².